The van der Waals surface area contributed by atoms with Crippen molar-refractivity contribution in [2.45, 2.75) is 30.8 Å². The van der Waals surface area contributed by atoms with Gasteiger partial charge in [0.1, 0.15) is 6.04 Å². The highest BCUT2D eigenvalue weighted by Gasteiger charge is 2.36. The molecule has 0 aliphatic heterocycles. The van der Waals surface area contributed by atoms with Crippen molar-refractivity contribution in [2.75, 3.05) is 0 Å². The molecule has 1 atom stereocenters. The van der Waals surface area contributed by atoms with Crippen molar-refractivity contribution in [3.05, 3.63) is 102 Å². The van der Waals surface area contributed by atoms with Crippen LogP contribution in [0.1, 0.15) is 16.7 Å². The first-order valence-corrected chi connectivity index (χ1v) is 10.7. The lowest BCUT2D eigenvalue weighted by Crippen LogP contribution is -2.45. The van der Waals surface area contributed by atoms with Crippen LogP contribution >= 0.6 is 0 Å². The quantitative estimate of drug-likeness (QED) is 0.613. The molecule has 0 aliphatic rings. The van der Waals surface area contributed by atoms with Gasteiger partial charge < -0.3 is 5.11 Å². The molecule has 0 spiro atoms. The van der Waals surface area contributed by atoms with Crippen molar-refractivity contribution >= 4 is 16.0 Å². The predicted molar refractivity (Wildman–Crippen MR) is 112 cm³/mol. The zero-order valence-corrected chi connectivity index (χ0v) is 16.9. The van der Waals surface area contributed by atoms with E-state index in [-0.39, 0.29) is 17.9 Å². The van der Waals surface area contributed by atoms with E-state index in [9.17, 15) is 18.3 Å². The SMILES string of the molecule is Cc1ccc(S(=O)(=O)N(Cc2ccccc2)[C@@H](Cc2ccccc2)C(=O)O)cc1. The molecule has 0 unspecified atom stereocenters. The molecule has 0 heterocycles. The molecule has 150 valence electrons. The normalized spacial score (nSPS) is 12.6. The number of rotatable bonds is 8. The van der Waals surface area contributed by atoms with Gasteiger partial charge in [-0.05, 0) is 36.6 Å². The molecule has 29 heavy (non-hydrogen) atoms. The molecule has 0 fully saturated rings. The summed E-state index contributed by atoms with van der Waals surface area (Å²) in [7, 11) is -4.03. The average molecular weight is 410 g/mol. The lowest BCUT2D eigenvalue weighted by atomic mass is 10.1. The number of hydrogen-bond donors (Lipinski definition) is 1. The summed E-state index contributed by atoms with van der Waals surface area (Å²) in [4.78, 5) is 12.2. The molecule has 0 aliphatic carbocycles. The lowest BCUT2D eigenvalue weighted by molar-refractivity contribution is -0.141. The number of aryl methyl sites for hydroxylation is 1. The fourth-order valence-electron chi connectivity index (χ4n) is 3.12. The number of carboxylic acids is 1. The van der Waals surface area contributed by atoms with E-state index in [2.05, 4.69) is 0 Å². The molecule has 3 aromatic rings. The highest BCUT2D eigenvalue weighted by atomic mass is 32.2. The van der Waals surface area contributed by atoms with Gasteiger partial charge in [0.05, 0.1) is 4.90 Å². The van der Waals surface area contributed by atoms with Crippen LogP contribution in [0.5, 0.6) is 0 Å². The van der Waals surface area contributed by atoms with Crippen molar-refractivity contribution in [2.24, 2.45) is 0 Å². The van der Waals surface area contributed by atoms with Crippen LogP contribution in [0, 0.1) is 6.92 Å². The monoisotopic (exact) mass is 409 g/mol. The Hall–Kier alpha value is -2.96. The summed E-state index contributed by atoms with van der Waals surface area (Å²) in [6.45, 7) is 1.84. The molecule has 0 saturated heterocycles. The third-order valence-corrected chi connectivity index (χ3v) is 6.58. The van der Waals surface area contributed by atoms with Gasteiger partial charge in [0.15, 0.2) is 0 Å². The second kappa shape index (κ2) is 9.03. The Labute approximate surface area is 171 Å². The molecular formula is C23H23NO4S. The summed E-state index contributed by atoms with van der Waals surface area (Å²) < 4.78 is 28.0. The van der Waals surface area contributed by atoms with Crippen LogP contribution in [0.2, 0.25) is 0 Å². The second-order valence-corrected chi connectivity index (χ2v) is 8.78. The van der Waals surface area contributed by atoms with Gasteiger partial charge in [-0.25, -0.2) is 8.42 Å². The van der Waals surface area contributed by atoms with E-state index >= 15 is 0 Å². The van der Waals surface area contributed by atoms with Gasteiger partial charge in [-0.1, -0.05) is 78.4 Å². The van der Waals surface area contributed by atoms with E-state index in [1.807, 2.05) is 31.2 Å². The van der Waals surface area contributed by atoms with E-state index in [4.69, 9.17) is 0 Å². The Morgan fingerprint density at radius 3 is 1.90 bits per heavy atom. The first-order valence-electron chi connectivity index (χ1n) is 9.27. The van der Waals surface area contributed by atoms with Gasteiger partial charge in [0, 0.05) is 6.54 Å². The second-order valence-electron chi connectivity index (χ2n) is 6.89. The standard InChI is InChI=1S/C23H23NO4S/c1-18-12-14-21(15-13-18)29(27,28)24(17-20-10-6-3-7-11-20)22(23(25)26)16-19-8-4-2-5-9-19/h2-15,22H,16-17H2,1H3,(H,25,26)/t22-/m0/s1. The molecule has 3 aromatic carbocycles. The Kier molecular flexibility index (Phi) is 6.46. The molecule has 5 nitrogen and oxygen atoms in total. The van der Waals surface area contributed by atoms with Crippen LogP contribution in [-0.4, -0.2) is 29.8 Å². The number of carboxylic acid groups (broad SMARTS) is 1. The van der Waals surface area contributed by atoms with Gasteiger partial charge in [0.25, 0.3) is 0 Å². The zero-order valence-electron chi connectivity index (χ0n) is 16.1. The Bertz CT molecular complexity index is 1050. The summed E-state index contributed by atoms with van der Waals surface area (Å²) in [6.07, 6.45) is 0.0775. The maximum absolute atomic E-state index is 13.4. The predicted octanol–water partition coefficient (Wildman–Crippen LogP) is 3.88. The maximum atomic E-state index is 13.4. The highest BCUT2D eigenvalue weighted by Crippen LogP contribution is 2.24. The fraction of sp³-hybridized carbons (Fsp3) is 0.174. The van der Waals surface area contributed by atoms with Crippen LogP contribution in [0.4, 0.5) is 0 Å². The van der Waals surface area contributed by atoms with Crippen molar-refractivity contribution in [3.8, 4) is 0 Å². The summed E-state index contributed by atoms with van der Waals surface area (Å²) in [6, 6.07) is 23.3. The minimum atomic E-state index is -4.03. The minimum absolute atomic E-state index is 0.0269. The minimum Gasteiger partial charge on any atom is -0.480 e. The van der Waals surface area contributed by atoms with E-state index in [1.165, 1.54) is 12.1 Å². The van der Waals surface area contributed by atoms with Crippen molar-refractivity contribution < 1.29 is 18.3 Å². The smallest absolute Gasteiger partial charge is 0.322 e. The van der Waals surface area contributed by atoms with Crippen LogP contribution in [0.15, 0.2) is 89.8 Å². The number of hydrogen-bond acceptors (Lipinski definition) is 3. The van der Waals surface area contributed by atoms with E-state index < -0.39 is 22.0 Å². The van der Waals surface area contributed by atoms with E-state index in [0.717, 1.165) is 21.0 Å². The van der Waals surface area contributed by atoms with Crippen LogP contribution < -0.4 is 0 Å². The van der Waals surface area contributed by atoms with Crippen molar-refractivity contribution in [1.82, 2.24) is 4.31 Å². The van der Waals surface area contributed by atoms with Crippen LogP contribution in [-0.2, 0) is 27.8 Å². The molecule has 0 bridgehead atoms. The third-order valence-electron chi connectivity index (χ3n) is 4.71. The largest absolute Gasteiger partial charge is 0.480 e. The number of aliphatic carboxylic acids is 1. The van der Waals surface area contributed by atoms with Gasteiger partial charge >= 0.3 is 5.97 Å². The molecule has 0 aromatic heterocycles. The zero-order chi connectivity index (χ0) is 20.9. The lowest BCUT2D eigenvalue weighted by Gasteiger charge is -2.28. The Morgan fingerprint density at radius 2 is 1.38 bits per heavy atom. The first kappa shape index (κ1) is 20.8. The third kappa shape index (κ3) is 5.10. The fourth-order valence-corrected chi connectivity index (χ4v) is 4.69. The van der Waals surface area contributed by atoms with Gasteiger partial charge in [0.2, 0.25) is 10.0 Å². The molecule has 6 heteroatoms. The summed E-state index contributed by atoms with van der Waals surface area (Å²) in [5.41, 5.74) is 2.41. The van der Waals surface area contributed by atoms with Gasteiger partial charge in [-0.2, -0.15) is 4.31 Å². The molecule has 1 N–H and O–H groups in total. The van der Waals surface area contributed by atoms with Crippen molar-refractivity contribution in [3.63, 3.8) is 0 Å². The number of benzene rings is 3. The number of carbonyl (C=O) groups is 1. The molecular weight excluding hydrogens is 386 g/mol. The Balaban J connectivity index is 2.05. The van der Waals surface area contributed by atoms with Gasteiger partial charge in [-0.15, -0.1) is 0 Å². The van der Waals surface area contributed by atoms with Gasteiger partial charge in [-0.3, -0.25) is 4.79 Å². The highest BCUT2D eigenvalue weighted by molar-refractivity contribution is 7.89. The topological polar surface area (TPSA) is 74.7 Å². The molecule has 0 saturated carbocycles. The van der Waals surface area contributed by atoms with Crippen LogP contribution in [0.3, 0.4) is 0 Å². The maximum Gasteiger partial charge on any atom is 0.322 e. The number of sulfonamides is 1. The Morgan fingerprint density at radius 1 is 0.862 bits per heavy atom. The van der Waals surface area contributed by atoms with Crippen LogP contribution in [0.25, 0.3) is 0 Å². The van der Waals surface area contributed by atoms with Crippen molar-refractivity contribution in [1.29, 1.82) is 0 Å². The summed E-state index contributed by atoms with van der Waals surface area (Å²) in [5, 5.41) is 9.93. The van der Waals surface area contributed by atoms with E-state index in [1.54, 1.807) is 48.5 Å². The number of nitrogens with zero attached hydrogens (tertiary/aromatic N) is 1. The molecule has 0 radical (unpaired) electrons. The van der Waals surface area contributed by atoms with E-state index in [0.29, 0.717) is 0 Å². The first-order chi connectivity index (χ1) is 13.9. The summed E-state index contributed by atoms with van der Waals surface area (Å²) in [5.74, 6) is -1.18. The average Bonchev–Trinajstić information content (AvgIpc) is 2.72. The summed E-state index contributed by atoms with van der Waals surface area (Å²) >= 11 is 0. The molecule has 0 amide bonds. The molecule has 3 rings (SSSR count).